The molecule has 3 aromatic rings. The van der Waals surface area contributed by atoms with Crippen molar-refractivity contribution in [2.24, 2.45) is 13.0 Å². The van der Waals surface area contributed by atoms with E-state index in [0.29, 0.717) is 54.7 Å². The van der Waals surface area contributed by atoms with E-state index in [4.69, 9.17) is 4.74 Å². The maximum Gasteiger partial charge on any atom is 0.294 e. The highest BCUT2D eigenvalue weighted by atomic mass is 32.2. The summed E-state index contributed by atoms with van der Waals surface area (Å²) in [5.74, 6) is -0.200. The van der Waals surface area contributed by atoms with Crippen molar-refractivity contribution in [2.45, 2.75) is 57.0 Å². The van der Waals surface area contributed by atoms with Gasteiger partial charge in [0.25, 0.3) is 15.7 Å². The van der Waals surface area contributed by atoms with E-state index in [0.717, 1.165) is 0 Å². The number of H-pyrrole nitrogens is 1. The van der Waals surface area contributed by atoms with E-state index in [1.54, 1.807) is 7.05 Å². The van der Waals surface area contributed by atoms with Gasteiger partial charge in [-0.05, 0) is 49.8 Å². The number of aromatic nitrogens is 3. The summed E-state index contributed by atoms with van der Waals surface area (Å²) in [7, 11) is -2.50. The minimum Gasteiger partial charge on any atom is -0.493 e. The Labute approximate surface area is 257 Å². The summed E-state index contributed by atoms with van der Waals surface area (Å²) in [5.41, 5.74) is 1.23. The molecule has 0 unspecified atom stereocenters. The van der Waals surface area contributed by atoms with Gasteiger partial charge in [0.05, 0.1) is 22.8 Å². The summed E-state index contributed by atoms with van der Waals surface area (Å²) in [4.78, 5) is 62.9. The number of piperidine rings is 1. The highest BCUT2D eigenvalue weighted by molar-refractivity contribution is 7.89. The summed E-state index contributed by atoms with van der Waals surface area (Å²) in [6.07, 6.45) is 1.54. The molecular formula is C27H34N6O11S. The smallest absolute Gasteiger partial charge is 0.294 e. The third-order valence-electron chi connectivity index (χ3n) is 7.69. The Hall–Kier alpha value is -4.58. The maximum absolute atomic E-state index is 13.8. The first kappa shape index (κ1) is 33.3. The number of nitrogens with one attached hydrogen (secondary N) is 1. The van der Waals surface area contributed by atoms with Crippen LogP contribution < -0.4 is 10.3 Å². The molecule has 0 saturated carbocycles. The standard InChI is InChI=1S/C27H34N6O11S/c1-4-6-19-21(15-34)30(3)25-24(19)28-26(29-27(25)35)20-14-18(7-8-22(20)42-13-5-2)45(40,41)31-11-9-17(10-12-31)23(44-33(38)39)16-43-32(36)37/h7-8,14-15,17,23H,4-6,9-13,16H2,1-3H3,(H,28,29,35)/t23-/m0/s1. The lowest BCUT2D eigenvalue weighted by Gasteiger charge is -2.34. The van der Waals surface area contributed by atoms with Crippen LogP contribution in [0.2, 0.25) is 0 Å². The summed E-state index contributed by atoms with van der Waals surface area (Å²) >= 11 is 0. The zero-order chi connectivity index (χ0) is 32.9. The normalized spacial score (nSPS) is 15.1. The Bertz CT molecular complexity index is 1750. The van der Waals surface area contributed by atoms with Gasteiger partial charge < -0.3 is 24.0 Å². The molecule has 1 aromatic carbocycles. The van der Waals surface area contributed by atoms with Gasteiger partial charge in [-0.3, -0.25) is 9.59 Å². The van der Waals surface area contributed by atoms with Crippen molar-refractivity contribution < 1.29 is 37.8 Å². The van der Waals surface area contributed by atoms with E-state index < -0.39 is 44.4 Å². The Morgan fingerprint density at radius 2 is 1.87 bits per heavy atom. The average Bonchev–Trinajstić information content (AvgIpc) is 3.28. The first-order valence-electron chi connectivity index (χ1n) is 14.3. The number of carbonyl (C=O) groups excluding carboxylic acids is 1. The van der Waals surface area contributed by atoms with Gasteiger partial charge in [-0.15, -0.1) is 20.2 Å². The number of rotatable bonds is 15. The van der Waals surface area contributed by atoms with Crippen LogP contribution in [0.4, 0.5) is 0 Å². The SMILES string of the molecule is CCCOc1ccc(S(=O)(=O)N2CCC([C@H](CO[N+](=O)[O-])O[N+](=O)[O-])CC2)cc1-c1nc2c(CCC)c(C=O)n(C)c2c(=O)[nH]1. The number of ether oxygens (including phenoxy) is 1. The van der Waals surface area contributed by atoms with Gasteiger partial charge in [-0.2, -0.15) is 4.31 Å². The first-order valence-corrected chi connectivity index (χ1v) is 15.8. The molecule has 45 heavy (non-hydrogen) atoms. The van der Waals surface area contributed by atoms with E-state index >= 15 is 0 Å². The molecule has 18 heteroatoms. The van der Waals surface area contributed by atoms with Crippen molar-refractivity contribution in [3.8, 4) is 17.1 Å². The summed E-state index contributed by atoms with van der Waals surface area (Å²) in [5, 5.41) is 19.4. The molecule has 1 aliphatic rings. The lowest BCUT2D eigenvalue weighted by atomic mass is 9.92. The average molecular weight is 651 g/mol. The van der Waals surface area contributed by atoms with E-state index in [9.17, 15) is 38.2 Å². The Balaban J connectivity index is 1.70. The number of aryl methyl sites for hydroxylation is 2. The van der Waals surface area contributed by atoms with Crippen molar-refractivity contribution in [3.63, 3.8) is 0 Å². The quantitative estimate of drug-likeness (QED) is 0.143. The van der Waals surface area contributed by atoms with E-state index in [1.165, 1.54) is 27.1 Å². The molecular weight excluding hydrogens is 616 g/mol. The lowest BCUT2D eigenvalue weighted by molar-refractivity contribution is -0.791. The molecule has 0 radical (unpaired) electrons. The summed E-state index contributed by atoms with van der Waals surface area (Å²) < 4.78 is 36.1. The molecule has 4 rings (SSSR count). The predicted octanol–water partition coefficient (Wildman–Crippen LogP) is 2.67. The number of aldehydes is 1. The topological polar surface area (TPSA) is 219 Å². The van der Waals surface area contributed by atoms with E-state index in [2.05, 4.69) is 19.6 Å². The number of fused-ring (bicyclic) bond motifs is 1. The Kier molecular flexibility index (Phi) is 10.4. The molecule has 17 nitrogen and oxygen atoms in total. The number of hydrogen-bond donors (Lipinski definition) is 1. The second kappa shape index (κ2) is 14.0. The van der Waals surface area contributed by atoms with Crippen molar-refractivity contribution in [3.05, 3.63) is 60.0 Å². The van der Waals surface area contributed by atoms with Crippen LogP contribution in [0.5, 0.6) is 5.75 Å². The van der Waals surface area contributed by atoms with Crippen LogP contribution >= 0.6 is 0 Å². The lowest BCUT2D eigenvalue weighted by Crippen LogP contribution is -2.43. The van der Waals surface area contributed by atoms with Crippen LogP contribution in [0.15, 0.2) is 27.9 Å². The van der Waals surface area contributed by atoms with Crippen LogP contribution in [0.3, 0.4) is 0 Å². The molecule has 1 fully saturated rings. The van der Waals surface area contributed by atoms with Crippen molar-refractivity contribution in [1.82, 2.24) is 18.8 Å². The molecule has 1 saturated heterocycles. The van der Waals surface area contributed by atoms with Crippen LogP contribution in [-0.4, -0.2) is 76.1 Å². The largest absolute Gasteiger partial charge is 0.493 e. The fraction of sp³-hybridized carbons (Fsp3) is 0.519. The fourth-order valence-corrected chi connectivity index (χ4v) is 7.03. The predicted molar refractivity (Wildman–Crippen MR) is 158 cm³/mol. The Morgan fingerprint density at radius 1 is 1.16 bits per heavy atom. The van der Waals surface area contributed by atoms with Gasteiger partial charge in [0.15, 0.2) is 6.29 Å². The molecule has 0 spiro atoms. The third-order valence-corrected chi connectivity index (χ3v) is 9.59. The number of carbonyl (C=O) groups is 1. The van der Waals surface area contributed by atoms with Gasteiger partial charge >= 0.3 is 0 Å². The molecule has 1 N–H and O–H groups in total. The monoisotopic (exact) mass is 650 g/mol. The van der Waals surface area contributed by atoms with Crippen LogP contribution in [0.1, 0.15) is 55.6 Å². The Morgan fingerprint density at radius 3 is 2.47 bits per heavy atom. The van der Waals surface area contributed by atoms with Gasteiger partial charge in [-0.25, -0.2) is 13.4 Å². The van der Waals surface area contributed by atoms with Crippen molar-refractivity contribution in [1.29, 1.82) is 0 Å². The van der Waals surface area contributed by atoms with Crippen LogP contribution in [0, 0.1) is 26.1 Å². The van der Waals surface area contributed by atoms with Gasteiger partial charge in [0, 0.05) is 25.7 Å². The molecule has 0 aliphatic carbocycles. The van der Waals surface area contributed by atoms with Gasteiger partial charge in [-0.1, -0.05) is 20.3 Å². The minimum absolute atomic E-state index is 0.0354. The second-order valence-electron chi connectivity index (χ2n) is 10.5. The first-order chi connectivity index (χ1) is 21.4. The number of sulfonamides is 1. The molecule has 0 bridgehead atoms. The number of benzene rings is 1. The van der Waals surface area contributed by atoms with Crippen molar-refractivity contribution in [2.75, 3.05) is 26.3 Å². The molecule has 3 heterocycles. The highest BCUT2D eigenvalue weighted by Gasteiger charge is 2.35. The summed E-state index contributed by atoms with van der Waals surface area (Å²) in [6.45, 7) is 3.42. The van der Waals surface area contributed by atoms with Gasteiger partial charge in [0.2, 0.25) is 10.0 Å². The molecule has 244 valence electrons. The number of nitrogens with zero attached hydrogens (tertiary/aromatic N) is 5. The molecule has 1 atom stereocenters. The number of aromatic amines is 1. The zero-order valence-corrected chi connectivity index (χ0v) is 25.8. The maximum atomic E-state index is 13.8. The minimum atomic E-state index is -4.11. The van der Waals surface area contributed by atoms with Crippen LogP contribution in [0.25, 0.3) is 22.4 Å². The zero-order valence-electron chi connectivity index (χ0n) is 25.0. The molecule has 2 aromatic heterocycles. The second-order valence-corrected chi connectivity index (χ2v) is 12.5. The fourth-order valence-electron chi connectivity index (χ4n) is 5.53. The van der Waals surface area contributed by atoms with E-state index in [-0.39, 0.29) is 47.7 Å². The molecule has 0 amide bonds. The number of hydrogen-bond acceptors (Lipinski definition) is 12. The summed E-state index contributed by atoms with van der Waals surface area (Å²) in [6, 6.07) is 4.23. The molecule has 1 aliphatic heterocycles. The van der Waals surface area contributed by atoms with E-state index in [1.807, 2.05) is 13.8 Å². The van der Waals surface area contributed by atoms with Crippen molar-refractivity contribution >= 4 is 27.3 Å². The third kappa shape index (κ3) is 7.06. The van der Waals surface area contributed by atoms with Gasteiger partial charge in [0.1, 0.15) is 35.3 Å². The highest BCUT2D eigenvalue weighted by Crippen LogP contribution is 2.34. The van der Waals surface area contributed by atoms with Crippen LogP contribution in [-0.2, 0) is 33.2 Å².